The molecule has 1 N–H and O–H groups in total. The van der Waals surface area contributed by atoms with E-state index in [1.807, 2.05) is 36.6 Å². The number of anilines is 1. The first-order valence-electron chi connectivity index (χ1n) is 9.47. The largest absolute Gasteiger partial charge is 0.339 e. The Kier molecular flexibility index (Phi) is 5.52. The minimum atomic E-state index is -3.82. The molecule has 3 aromatic carbocycles. The lowest BCUT2D eigenvalue weighted by Gasteiger charge is -2.18. The summed E-state index contributed by atoms with van der Waals surface area (Å²) in [5, 5.41) is 1.99. The second kappa shape index (κ2) is 8.08. The maximum atomic E-state index is 13.0. The van der Waals surface area contributed by atoms with E-state index in [1.54, 1.807) is 29.2 Å². The van der Waals surface area contributed by atoms with Gasteiger partial charge in [-0.05, 0) is 60.2 Å². The van der Waals surface area contributed by atoms with Gasteiger partial charge in [0.2, 0.25) is 0 Å². The summed E-state index contributed by atoms with van der Waals surface area (Å²) in [6, 6.07) is 18.0. The van der Waals surface area contributed by atoms with Crippen LogP contribution in [-0.4, -0.2) is 38.6 Å². The molecule has 1 heterocycles. The van der Waals surface area contributed by atoms with Gasteiger partial charge in [-0.3, -0.25) is 9.52 Å². The number of fused-ring (bicyclic) bond motifs is 1. The molecule has 0 bridgehead atoms. The van der Waals surface area contributed by atoms with Crippen molar-refractivity contribution < 1.29 is 13.2 Å². The van der Waals surface area contributed by atoms with Crippen LogP contribution < -0.4 is 4.72 Å². The van der Waals surface area contributed by atoms with Crippen LogP contribution in [-0.2, 0) is 10.0 Å². The first-order valence-corrected chi connectivity index (χ1v) is 12.2. The molecule has 7 heteroatoms. The van der Waals surface area contributed by atoms with E-state index >= 15 is 0 Å². The maximum Gasteiger partial charge on any atom is 0.261 e. The van der Waals surface area contributed by atoms with Crippen molar-refractivity contribution in [3.63, 3.8) is 0 Å². The number of thioether (sulfide) groups is 1. The summed E-state index contributed by atoms with van der Waals surface area (Å²) >= 11 is 1.44. The molecule has 0 aromatic heterocycles. The number of hydrogen-bond donors (Lipinski definition) is 1. The van der Waals surface area contributed by atoms with Gasteiger partial charge in [0.05, 0.1) is 10.5 Å². The molecular formula is C22H22N2O3S2. The third-order valence-corrected chi connectivity index (χ3v) is 7.28. The van der Waals surface area contributed by atoms with Gasteiger partial charge in [-0.2, -0.15) is 0 Å². The van der Waals surface area contributed by atoms with E-state index in [-0.39, 0.29) is 10.8 Å². The standard InChI is InChI=1S/C22H22N2O3S2/c1-28-21-11-10-19(15-20(21)22(25)24-12-4-5-13-24)29(26,27)23-18-9-8-16-6-2-3-7-17(16)14-18/h2-3,6-11,14-15,23H,4-5,12-13H2,1H3. The summed E-state index contributed by atoms with van der Waals surface area (Å²) in [5.41, 5.74) is 0.936. The van der Waals surface area contributed by atoms with E-state index in [0.29, 0.717) is 11.3 Å². The molecule has 0 spiro atoms. The average Bonchev–Trinajstić information content (AvgIpc) is 3.27. The molecule has 4 rings (SSSR count). The van der Waals surface area contributed by atoms with Crippen molar-refractivity contribution in [3.8, 4) is 0 Å². The van der Waals surface area contributed by atoms with E-state index in [1.165, 1.54) is 17.8 Å². The van der Waals surface area contributed by atoms with Crippen LogP contribution in [0.15, 0.2) is 70.5 Å². The molecule has 150 valence electrons. The Bertz CT molecular complexity index is 1170. The molecule has 5 nitrogen and oxygen atoms in total. The van der Waals surface area contributed by atoms with Gasteiger partial charge < -0.3 is 4.90 Å². The number of nitrogens with one attached hydrogen (secondary N) is 1. The highest BCUT2D eigenvalue weighted by Crippen LogP contribution is 2.28. The number of likely N-dealkylation sites (tertiary alicyclic amines) is 1. The molecule has 29 heavy (non-hydrogen) atoms. The van der Waals surface area contributed by atoms with E-state index < -0.39 is 10.0 Å². The molecule has 1 fully saturated rings. The second-order valence-electron chi connectivity index (χ2n) is 7.03. The predicted molar refractivity (Wildman–Crippen MR) is 118 cm³/mol. The zero-order chi connectivity index (χ0) is 20.4. The number of hydrogen-bond acceptors (Lipinski definition) is 4. The molecular weight excluding hydrogens is 404 g/mol. The molecule has 1 aliphatic rings. The van der Waals surface area contributed by atoms with Crippen LogP contribution in [0.5, 0.6) is 0 Å². The second-order valence-corrected chi connectivity index (χ2v) is 9.56. The zero-order valence-corrected chi connectivity index (χ0v) is 17.7. The fraction of sp³-hybridized carbons (Fsp3) is 0.227. The highest BCUT2D eigenvalue weighted by atomic mass is 32.2. The fourth-order valence-corrected chi connectivity index (χ4v) is 5.22. The molecule has 1 amide bonds. The summed E-state index contributed by atoms with van der Waals surface area (Å²) in [6.07, 6.45) is 3.86. The van der Waals surface area contributed by atoms with Gasteiger partial charge >= 0.3 is 0 Å². The SMILES string of the molecule is CSc1ccc(S(=O)(=O)Nc2ccc3ccccc3c2)cc1C(=O)N1CCCC1. The van der Waals surface area contributed by atoms with E-state index in [0.717, 1.165) is 41.6 Å². The minimum absolute atomic E-state index is 0.0889. The van der Waals surface area contributed by atoms with Crippen LogP contribution >= 0.6 is 11.8 Å². The summed E-state index contributed by atoms with van der Waals surface area (Å²) < 4.78 is 28.6. The Morgan fingerprint density at radius 1 is 0.966 bits per heavy atom. The first-order chi connectivity index (χ1) is 14.0. The van der Waals surface area contributed by atoms with Crippen molar-refractivity contribution in [2.45, 2.75) is 22.6 Å². The summed E-state index contributed by atoms with van der Waals surface area (Å²) in [6.45, 7) is 1.44. The van der Waals surface area contributed by atoms with Gasteiger partial charge in [-0.15, -0.1) is 11.8 Å². The monoisotopic (exact) mass is 426 g/mol. The van der Waals surface area contributed by atoms with Crippen molar-refractivity contribution in [3.05, 3.63) is 66.2 Å². The Hall–Kier alpha value is -2.51. The molecule has 1 aliphatic heterocycles. The first kappa shape index (κ1) is 19.8. The van der Waals surface area contributed by atoms with Gasteiger partial charge in [0.25, 0.3) is 15.9 Å². The Labute approximate surface area is 175 Å². The quantitative estimate of drug-likeness (QED) is 0.606. The van der Waals surface area contributed by atoms with Crippen LogP contribution in [0.25, 0.3) is 10.8 Å². The zero-order valence-electron chi connectivity index (χ0n) is 16.1. The maximum absolute atomic E-state index is 13.0. The third kappa shape index (κ3) is 4.11. The molecule has 0 saturated carbocycles. The number of rotatable bonds is 5. The van der Waals surface area contributed by atoms with Crippen molar-refractivity contribution >= 4 is 44.2 Å². The molecule has 0 atom stereocenters. The number of nitrogens with zero attached hydrogens (tertiary/aromatic N) is 1. The number of amides is 1. The number of benzene rings is 3. The Balaban J connectivity index is 1.66. The molecule has 0 unspecified atom stereocenters. The van der Waals surface area contributed by atoms with Crippen LogP contribution in [0.3, 0.4) is 0 Å². The lowest BCUT2D eigenvalue weighted by atomic mass is 10.1. The highest BCUT2D eigenvalue weighted by molar-refractivity contribution is 7.98. The van der Waals surface area contributed by atoms with Crippen molar-refractivity contribution in [2.24, 2.45) is 0 Å². The summed E-state index contributed by atoms with van der Waals surface area (Å²) in [7, 11) is -3.82. The van der Waals surface area contributed by atoms with Gasteiger partial charge in [-0.1, -0.05) is 30.3 Å². The van der Waals surface area contributed by atoms with Gasteiger partial charge in [0, 0.05) is 23.7 Å². The number of sulfonamides is 1. The van der Waals surface area contributed by atoms with Gasteiger partial charge in [0.1, 0.15) is 0 Å². The lowest BCUT2D eigenvalue weighted by molar-refractivity contribution is 0.0789. The van der Waals surface area contributed by atoms with E-state index in [4.69, 9.17) is 0 Å². The highest BCUT2D eigenvalue weighted by Gasteiger charge is 2.24. The fourth-order valence-electron chi connectivity index (χ4n) is 3.58. The van der Waals surface area contributed by atoms with E-state index in [2.05, 4.69) is 4.72 Å². The topological polar surface area (TPSA) is 66.5 Å². The van der Waals surface area contributed by atoms with E-state index in [9.17, 15) is 13.2 Å². The van der Waals surface area contributed by atoms with Gasteiger partial charge in [-0.25, -0.2) is 8.42 Å². The molecule has 0 aliphatic carbocycles. The average molecular weight is 427 g/mol. The Morgan fingerprint density at radius 3 is 2.41 bits per heavy atom. The van der Waals surface area contributed by atoms with Gasteiger partial charge in [0.15, 0.2) is 0 Å². The predicted octanol–water partition coefficient (Wildman–Crippen LogP) is 4.60. The Morgan fingerprint density at radius 2 is 1.69 bits per heavy atom. The van der Waals surface area contributed by atoms with Crippen LogP contribution in [0.2, 0.25) is 0 Å². The van der Waals surface area contributed by atoms with Crippen molar-refractivity contribution in [2.75, 3.05) is 24.1 Å². The summed E-state index contributed by atoms with van der Waals surface area (Å²) in [4.78, 5) is 15.6. The minimum Gasteiger partial charge on any atom is -0.339 e. The molecule has 3 aromatic rings. The van der Waals surface area contributed by atoms with Crippen LogP contribution in [0.1, 0.15) is 23.2 Å². The molecule has 0 radical (unpaired) electrons. The summed E-state index contributed by atoms with van der Waals surface area (Å²) in [5.74, 6) is -0.102. The lowest BCUT2D eigenvalue weighted by Crippen LogP contribution is -2.28. The van der Waals surface area contributed by atoms with Crippen molar-refractivity contribution in [1.29, 1.82) is 0 Å². The van der Waals surface area contributed by atoms with Crippen LogP contribution in [0.4, 0.5) is 5.69 Å². The smallest absolute Gasteiger partial charge is 0.261 e. The van der Waals surface area contributed by atoms with Crippen molar-refractivity contribution in [1.82, 2.24) is 4.90 Å². The number of carbonyl (C=O) groups excluding carboxylic acids is 1. The van der Waals surface area contributed by atoms with Crippen LogP contribution in [0, 0.1) is 0 Å². The third-order valence-electron chi connectivity index (χ3n) is 5.11. The molecule has 1 saturated heterocycles. The number of carbonyl (C=O) groups is 1. The normalized spacial score (nSPS) is 14.3.